The molecule has 30 heavy (non-hydrogen) atoms. The predicted molar refractivity (Wildman–Crippen MR) is 126 cm³/mol. The Morgan fingerprint density at radius 1 is 1.30 bits per heavy atom. The molecule has 1 amide bonds. The van der Waals surface area contributed by atoms with Crippen LogP contribution in [0.1, 0.15) is 43.8 Å². The number of carbonyl (C=O) groups is 1. The van der Waals surface area contributed by atoms with Gasteiger partial charge in [0.25, 0.3) is 5.91 Å². The van der Waals surface area contributed by atoms with Crippen molar-refractivity contribution in [3.8, 4) is 5.75 Å². The number of amides is 1. The molecule has 2 aliphatic heterocycles. The molecule has 2 aliphatic rings. The molecule has 7 heteroatoms. The first-order chi connectivity index (χ1) is 14.1. The van der Waals surface area contributed by atoms with Crippen LogP contribution in [0.15, 0.2) is 45.5 Å². The highest BCUT2D eigenvalue weighted by Crippen LogP contribution is 2.50. The Bertz CT molecular complexity index is 1010. The van der Waals surface area contributed by atoms with E-state index in [1.807, 2.05) is 19.0 Å². The van der Waals surface area contributed by atoms with E-state index in [4.69, 9.17) is 4.74 Å². The number of benzene rings is 1. The van der Waals surface area contributed by atoms with Crippen molar-refractivity contribution in [3.05, 3.63) is 56.0 Å². The molecule has 0 fully saturated rings. The molecule has 0 spiro atoms. The van der Waals surface area contributed by atoms with Crippen LogP contribution in [0.3, 0.4) is 0 Å². The summed E-state index contributed by atoms with van der Waals surface area (Å²) in [5, 5.41) is 2.10. The number of carbonyl (C=O) groups excluding carboxylic acids is 1. The second-order valence-corrected chi connectivity index (χ2v) is 10.6. The van der Waals surface area contributed by atoms with Crippen LogP contribution in [0, 0.1) is 0 Å². The minimum Gasteiger partial charge on any atom is -0.496 e. The summed E-state index contributed by atoms with van der Waals surface area (Å²) in [5.74, 6) is 0.908. The Hall–Kier alpha value is -1.99. The van der Waals surface area contributed by atoms with Crippen molar-refractivity contribution in [3.63, 3.8) is 0 Å². The Morgan fingerprint density at radius 2 is 2.03 bits per heavy atom. The topological polar surface area (TPSA) is 36.0 Å². The first-order valence-corrected chi connectivity index (χ1v) is 11.8. The fourth-order valence-electron chi connectivity index (χ4n) is 4.19. The maximum atomic E-state index is 13.6. The zero-order valence-corrected chi connectivity index (χ0v) is 20.7. The van der Waals surface area contributed by atoms with E-state index < -0.39 is 0 Å². The number of likely N-dealkylation sites (N-methyl/N-ethyl adjacent to an activating group) is 2. The lowest BCUT2D eigenvalue weighted by Crippen LogP contribution is -2.45. The lowest BCUT2D eigenvalue weighted by atomic mass is 9.97. The van der Waals surface area contributed by atoms with E-state index in [0.717, 1.165) is 40.1 Å². The lowest BCUT2D eigenvalue weighted by molar-refractivity contribution is -0.131. The second-order valence-electron chi connectivity index (χ2n) is 8.82. The summed E-state index contributed by atoms with van der Waals surface area (Å²) in [6.07, 6.45) is 1.67. The van der Waals surface area contributed by atoms with E-state index in [0.29, 0.717) is 0 Å². The molecule has 0 bridgehead atoms. The van der Waals surface area contributed by atoms with Gasteiger partial charge in [-0.3, -0.25) is 4.79 Å². The van der Waals surface area contributed by atoms with E-state index >= 15 is 0 Å². The molecule has 0 saturated heterocycles. The predicted octanol–water partition coefficient (Wildman–Crippen LogP) is 5.38. The molecule has 1 aromatic carbocycles. The fraction of sp³-hybridized carbons (Fsp3) is 0.435. The number of thiophene rings is 1. The van der Waals surface area contributed by atoms with Crippen molar-refractivity contribution >= 4 is 38.9 Å². The number of methoxy groups -OCH3 is 1. The SMILES string of the molecule is COc1cc2c(cc1Br)N1C(=C(C(=O)N(C)C(C)(C)C)N(C)C1c1cccs1)CC2. The van der Waals surface area contributed by atoms with Gasteiger partial charge in [0.15, 0.2) is 0 Å². The van der Waals surface area contributed by atoms with E-state index in [-0.39, 0.29) is 17.6 Å². The zero-order chi connectivity index (χ0) is 21.8. The number of ether oxygens (including phenoxy) is 1. The molecule has 0 N–H and O–H groups in total. The van der Waals surface area contributed by atoms with Crippen molar-refractivity contribution in [1.82, 2.24) is 9.80 Å². The van der Waals surface area contributed by atoms with Gasteiger partial charge in [-0.15, -0.1) is 11.3 Å². The monoisotopic (exact) mass is 489 g/mol. The van der Waals surface area contributed by atoms with Gasteiger partial charge in [-0.2, -0.15) is 0 Å². The van der Waals surface area contributed by atoms with Crippen molar-refractivity contribution in [2.45, 2.75) is 45.3 Å². The molecule has 1 aromatic heterocycles. The molecular weight excluding hydrogens is 462 g/mol. The Kier molecular flexibility index (Phi) is 5.39. The summed E-state index contributed by atoms with van der Waals surface area (Å²) in [6, 6.07) is 8.46. The lowest BCUT2D eigenvalue weighted by Gasteiger charge is -2.36. The van der Waals surface area contributed by atoms with Crippen LogP contribution in [-0.2, 0) is 11.2 Å². The van der Waals surface area contributed by atoms with Crippen LogP contribution >= 0.6 is 27.3 Å². The molecule has 0 radical (unpaired) electrons. The summed E-state index contributed by atoms with van der Waals surface area (Å²) in [7, 11) is 5.63. The average Bonchev–Trinajstić information content (AvgIpc) is 3.31. The number of rotatable bonds is 3. The van der Waals surface area contributed by atoms with Gasteiger partial charge in [-0.05, 0) is 78.7 Å². The first-order valence-electron chi connectivity index (χ1n) is 10.1. The maximum absolute atomic E-state index is 13.6. The molecule has 0 saturated carbocycles. The van der Waals surface area contributed by atoms with Gasteiger partial charge in [-0.25, -0.2) is 0 Å². The molecule has 0 aliphatic carbocycles. The van der Waals surface area contributed by atoms with Crippen LogP contribution in [-0.4, -0.2) is 42.5 Å². The third kappa shape index (κ3) is 3.32. The van der Waals surface area contributed by atoms with Crippen LogP contribution in [0.5, 0.6) is 5.75 Å². The van der Waals surface area contributed by atoms with Gasteiger partial charge in [0.2, 0.25) is 0 Å². The number of allylic oxidation sites excluding steroid dienone is 1. The van der Waals surface area contributed by atoms with E-state index in [2.05, 4.69) is 76.1 Å². The summed E-state index contributed by atoms with van der Waals surface area (Å²) >= 11 is 5.38. The largest absolute Gasteiger partial charge is 0.496 e. The highest BCUT2D eigenvalue weighted by atomic mass is 79.9. The van der Waals surface area contributed by atoms with E-state index in [1.165, 1.54) is 10.4 Å². The standard InChI is InChI=1S/C23H28BrN3O2S/c1-23(2,3)26(5)22(28)20-16-10-9-14-12-18(29-6)15(24)13-17(14)27(16)21(25(20)4)19-8-7-11-30-19/h7-8,11-13,21H,9-10H2,1-6H3. The molecule has 2 aromatic rings. The number of hydrogen-bond acceptors (Lipinski definition) is 5. The van der Waals surface area contributed by atoms with Crippen molar-refractivity contribution in [1.29, 1.82) is 0 Å². The normalized spacial score (nSPS) is 18.4. The first kappa shape index (κ1) is 21.2. The van der Waals surface area contributed by atoms with Crippen molar-refractivity contribution < 1.29 is 9.53 Å². The molecule has 3 heterocycles. The number of nitrogens with zero attached hydrogens (tertiary/aromatic N) is 3. The van der Waals surface area contributed by atoms with Crippen molar-refractivity contribution in [2.75, 3.05) is 26.1 Å². The number of aryl methyl sites for hydroxylation is 1. The molecule has 5 nitrogen and oxygen atoms in total. The summed E-state index contributed by atoms with van der Waals surface area (Å²) in [5.41, 5.74) is 4.02. The third-order valence-electron chi connectivity index (χ3n) is 6.08. The molecule has 4 rings (SSSR count). The Morgan fingerprint density at radius 3 is 2.63 bits per heavy atom. The smallest absolute Gasteiger partial charge is 0.272 e. The minimum absolute atomic E-state index is 0.0355. The molecular formula is C23H28BrN3O2S. The molecule has 1 unspecified atom stereocenters. The fourth-order valence-corrected chi connectivity index (χ4v) is 5.54. The van der Waals surface area contributed by atoms with Gasteiger partial charge in [0.05, 0.1) is 11.6 Å². The highest BCUT2D eigenvalue weighted by Gasteiger charge is 2.45. The minimum atomic E-state index is -0.250. The summed E-state index contributed by atoms with van der Waals surface area (Å²) in [4.78, 5) is 21.2. The van der Waals surface area contributed by atoms with Crippen LogP contribution in [0.4, 0.5) is 5.69 Å². The average molecular weight is 490 g/mol. The second kappa shape index (κ2) is 7.61. The maximum Gasteiger partial charge on any atom is 0.272 e. The number of fused-ring (bicyclic) bond motifs is 3. The third-order valence-corrected chi connectivity index (χ3v) is 7.62. The van der Waals surface area contributed by atoms with Crippen LogP contribution in [0.25, 0.3) is 0 Å². The van der Waals surface area contributed by atoms with Gasteiger partial charge >= 0.3 is 0 Å². The number of anilines is 1. The summed E-state index contributed by atoms with van der Waals surface area (Å²) < 4.78 is 6.44. The van der Waals surface area contributed by atoms with Crippen LogP contribution < -0.4 is 9.64 Å². The molecule has 1 atom stereocenters. The van der Waals surface area contributed by atoms with Crippen molar-refractivity contribution in [2.24, 2.45) is 0 Å². The Labute approximate surface area is 191 Å². The Balaban J connectivity index is 1.88. The van der Waals surface area contributed by atoms with E-state index in [1.54, 1.807) is 18.4 Å². The molecule has 160 valence electrons. The highest BCUT2D eigenvalue weighted by molar-refractivity contribution is 9.10. The van der Waals surface area contributed by atoms with E-state index in [9.17, 15) is 4.79 Å². The quantitative estimate of drug-likeness (QED) is 0.579. The summed E-state index contributed by atoms with van der Waals surface area (Å²) in [6.45, 7) is 6.21. The van der Waals surface area contributed by atoms with Gasteiger partial charge in [0.1, 0.15) is 17.6 Å². The van der Waals surface area contributed by atoms with Gasteiger partial charge in [-0.1, -0.05) is 6.07 Å². The zero-order valence-electron chi connectivity index (χ0n) is 18.3. The van der Waals surface area contributed by atoms with Gasteiger partial charge in [0, 0.05) is 35.9 Å². The van der Waals surface area contributed by atoms with Crippen LogP contribution in [0.2, 0.25) is 0 Å². The number of halogens is 1. The number of hydrogen-bond donors (Lipinski definition) is 0. The van der Waals surface area contributed by atoms with Gasteiger partial charge < -0.3 is 19.4 Å².